The maximum atomic E-state index is 12.9. The molecule has 1 saturated heterocycles. The number of amides is 1. The van der Waals surface area contributed by atoms with Crippen molar-refractivity contribution in [3.05, 3.63) is 66.2 Å². The largest absolute Gasteiger partial charge is 0.335 e. The van der Waals surface area contributed by atoms with Crippen LogP contribution in [-0.4, -0.2) is 30.5 Å². The Balaban J connectivity index is 1.87. The van der Waals surface area contributed by atoms with E-state index in [0.29, 0.717) is 19.4 Å². The first-order valence-corrected chi connectivity index (χ1v) is 9.68. The Morgan fingerprint density at radius 2 is 1.54 bits per heavy atom. The van der Waals surface area contributed by atoms with Crippen molar-refractivity contribution in [2.75, 3.05) is 0 Å². The van der Waals surface area contributed by atoms with Gasteiger partial charge in [0.1, 0.15) is 5.25 Å². The zero-order valence-electron chi connectivity index (χ0n) is 13.6. The topological polar surface area (TPSA) is 54.5 Å². The first-order valence-electron chi connectivity index (χ1n) is 8.13. The normalized spacial score (nSPS) is 21.7. The van der Waals surface area contributed by atoms with E-state index < -0.39 is 15.1 Å². The van der Waals surface area contributed by atoms with Gasteiger partial charge in [-0.1, -0.05) is 48.5 Å². The quantitative estimate of drug-likeness (QED) is 0.857. The maximum absolute atomic E-state index is 12.9. The molecule has 2 aromatic carbocycles. The Hall–Kier alpha value is -2.14. The minimum atomic E-state index is -3.65. The molecule has 3 rings (SSSR count). The number of likely N-dealkylation sites (tertiary alicyclic amines) is 1. The van der Waals surface area contributed by atoms with Gasteiger partial charge in [-0.15, -0.1) is 0 Å². The molecule has 0 aliphatic carbocycles. The summed E-state index contributed by atoms with van der Waals surface area (Å²) in [6.45, 7) is 2.42. The van der Waals surface area contributed by atoms with Gasteiger partial charge in [-0.05, 0) is 37.5 Å². The summed E-state index contributed by atoms with van der Waals surface area (Å²) in [6.07, 6.45) is 1.07. The van der Waals surface area contributed by atoms with Crippen LogP contribution in [0.1, 0.15) is 25.3 Å². The first-order chi connectivity index (χ1) is 11.5. The second kappa shape index (κ2) is 6.77. The number of hydrogen-bond donors (Lipinski definition) is 0. The fraction of sp³-hybridized carbons (Fsp3) is 0.316. The van der Waals surface area contributed by atoms with E-state index in [2.05, 4.69) is 0 Å². The number of carbonyl (C=O) groups excluding carboxylic acids is 1. The lowest BCUT2D eigenvalue weighted by atomic mass is 10.0. The van der Waals surface area contributed by atoms with Crippen LogP contribution in [0.4, 0.5) is 0 Å². The first kappa shape index (κ1) is 16.7. The van der Waals surface area contributed by atoms with E-state index >= 15 is 0 Å². The van der Waals surface area contributed by atoms with Crippen LogP contribution < -0.4 is 0 Å². The van der Waals surface area contributed by atoms with E-state index in [1.165, 1.54) is 0 Å². The summed E-state index contributed by atoms with van der Waals surface area (Å²) in [4.78, 5) is 14.8. The van der Waals surface area contributed by atoms with Gasteiger partial charge in [-0.3, -0.25) is 4.79 Å². The van der Waals surface area contributed by atoms with Crippen molar-refractivity contribution in [2.45, 2.75) is 42.5 Å². The summed E-state index contributed by atoms with van der Waals surface area (Å²) in [5.41, 5.74) is 1.01. The van der Waals surface area contributed by atoms with Crippen molar-refractivity contribution >= 4 is 15.7 Å². The Labute approximate surface area is 143 Å². The molecule has 4 nitrogen and oxygen atoms in total. The SMILES string of the molecule is CC1CCC(S(=O)(=O)c2ccccc2)C(=O)N1Cc1ccccc1. The van der Waals surface area contributed by atoms with Crippen LogP contribution in [0, 0.1) is 0 Å². The summed E-state index contributed by atoms with van der Waals surface area (Å²) >= 11 is 0. The molecule has 1 heterocycles. The van der Waals surface area contributed by atoms with Crippen molar-refractivity contribution in [1.82, 2.24) is 4.90 Å². The molecule has 2 atom stereocenters. The average molecular weight is 343 g/mol. The zero-order chi connectivity index (χ0) is 17.2. The van der Waals surface area contributed by atoms with Crippen LogP contribution in [0.5, 0.6) is 0 Å². The lowest BCUT2D eigenvalue weighted by Crippen LogP contribution is -2.51. The lowest BCUT2D eigenvalue weighted by Gasteiger charge is -2.37. The highest BCUT2D eigenvalue weighted by Crippen LogP contribution is 2.28. The Morgan fingerprint density at radius 3 is 2.17 bits per heavy atom. The Kier molecular flexibility index (Phi) is 4.71. The van der Waals surface area contributed by atoms with Gasteiger partial charge in [-0.25, -0.2) is 8.42 Å². The van der Waals surface area contributed by atoms with Crippen molar-refractivity contribution in [2.24, 2.45) is 0 Å². The van der Waals surface area contributed by atoms with Crippen molar-refractivity contribution in [3.8, 4) is 0 Å². The number of carbonyl (C=O) groups is 1. The lowest BCUT2D eigenvalue weighted by molar-refractivity contribution is -0.136. The molecular weight excluding hydrogens is 322 g/mol. The van der Waals surface area contributed by atoms with Gasteiger partial charge in [0.2, 0.25) is 5.91 Å². The van der Waals surface area contributed by atoms with Crippen molar-refractivity contribution in [1.29, 1.82) is 0 Å². The highest BCUT2D eigenvalue weighted by atomic mass is 32.2. The molecular formula is C19H21NO3S. The molecule has 5 heteroatoms. The van der Waals surface area contributed by atoms with E-state index in [1.807, 2.05) is 37.3 Å². The molecule has 0 radical (unpaired) electrons. The van der Waals surface area contributed by atoms with Crippen molar-refractivity contribution in [3.63, 3.8) is 0 Å². The van der Waals surface area contributed by atoms with Gasteiger partial charge >= 0.3 is 0 Å². The molecule has 0 N–H and O–H groups in total. The molecule has 126 valence electrons. The van der Waals surface area contributed by atoms with Crippen LogP contribution in [-0.2, 0) is 21.2 Å². The molecule has 0 aromatic heterocycles. The molecule has 2 unspecified atom stereocenters. The van der Waals surface area contributed by atoms with E-state index in [0.717, 1.165) is 5.56 Å². The molecule has 0 spiro atoms. The third kappa shape index (κ3) is 3.22. The summed E-state index contributed by atoms with van der Waals surface area (Å²) < 4.78 is 25.7. The smallest absolute Gasteiger partial charge is 0.241 e. The summed E-state index contributed by atoms with van der Waals surface area (Å²) in [6, 6.07) is 18.0. The monoisotopic (exact) mass is 343 g/mol. The zero-order valence-corrected chi connectivity index (χ0v) is 14.4. The van der Waals surface area contributed by atoms with Gasteiger partial charge in [0.15, 0.2) is 9.84 Å². The Bertz CT molecular complexity index is 803. The summed E-state index contributed by atoms with van der Waals surface area (Å²) in [5, 5.41) is -0.986. The predicted molar refractivity (Wildman–Crippen MR) is 93.1 cm³/mol. The second-order valence-electron chi connectivity index (χ2n) is 6.22. The van der Waals surface area contributed by atoms with Crippen molar-refractivity contribution < 1.29 is 13.2 Å². The highest BCUT2D eigenvalue weighted by molar-refractivity contribution is 7.92. The highest BCUT2D eigenvalue weighted by Gasteiger charge is 2.41. The number of hydrogen-bond acceptors (Lipinski definition) is 3. The molecule has 24 heavy (non-hydrogen) atoms. The van der Waals surface area contributed by atoms with Crippen LogP contribution in [0.3, 0.4) is 0 Å². The third-order valence-corrected chi connectivity index (χ3v) is 6.69. The van der Waals surface area contributed by atoms with E-state index in [1.54, 1.807) is 35.2 Å². The maximum Gasteiger partial charge on any atom is 0.241 e. The number of nitrogens with zero attached hydrogens (tertiary/aromatic N) is 1. The second-order valence-corrected chi connectivity index (χ2v) is 8.36. The van der Waals surface area contributed by atoms with Gasteiger partial charge in [0.05, 0.1) is 4.90 Å². The molecule has 1 amide bonds. The summed E-state index contributed by atoms with van der Waals surface area (Å²) in [7, 11) is -3.65. The van der Waals surface area contributed by atoms with Crippen LogP contribution in [0.25, 0.3) is 0 Å². The number of benzene rings is 2. The fourth-order valence-electron chi connectivity index (χ4n) is 3.15. The minimum Gasteiger partial charge on any atom is -0.335 e. The molecule has 1 fully saturated rings. The predicted octanol–water partition coefficient (Wildman–Crippen LogP) is 3.04. The number of sulfone groups is 1. The number of rotatable bonds is 4. The van der Waals surface area contributed by atoms with Crippen LogP contribution in [0.2, 0.25) is 0 Å². The van der Waals surface area contributed by atoms with E-state index in [9.17, 15) is 13.2 Å². The molecule has 2 aromatic rings. The molecule has 0 saturated carbocycles. The third-order valence-electron chi connectivity index (χ3n) is 4.58. The van der Waals surface area contributed by atoms with E-state index in [4.69, 9.17) is 0 Å². The Morgan fingerprint density at radius 1 is 0.958 bits per heavy atom. The standard InChI is InChI=1S/C19H21NO3S/c1-15-12-13-18(24(22,23)17-10-6-3-7-11-17)19(21)20(15)14-16-8-4-2-5-9-16/h2-11,15,18H,12-14H2,1H3. The molecule has 1 aliphatic heterocycles. The fourth-order valence-corrected chi connectivity index (χ4v) is 4.86. The summed E-state index contributed by atoms with van der Waals surface area (Å²) in [5.74, 6) is -0.290. The van der Waals surface area contributed by atoms with Crippen LogP contribution >= 0.6 is 0 Å². The average Bonchev–Trinajstić information content (AvgIpc) is 2.60. The van der Waals surface area contributed by atoms with Crippen LogP contribution in [0.15, 0.2) is 65.6 Å². The molecule has 0 bridgehead atoms. The van der Waals surface area contributed by atoms with Gasteiger partial charge in [0, 0.05) is 12.6 Å². The molecule has 1 aliphatic rings. The van der Waals surface area contributed by atoms with Gasteiger partial charge < -0.3 is 4.90 Å². The number of piperidine rings is 1. The van der Waals surface area contributed by atoms with Gasteiger partial charge in [0.25, 0.3) is 0 Å². The minimum absolute atomic E-state index is 0.0416. The van der Waals surface area contributed by atoms with E-state index in [-0.39, 0.29) is 16.8 Å². The van der Waals surface area contributed by atoms with Gasteiger partial charge in [-0.2, -0.15) is 0 Å².